The van der Waals surface area contributed by atoms with Crippen molar-refractivity contribution in [1.82, 2.24) is 0 Å². The molecule has 5 atom stereocenters. The van der Waals surface area contributed by atoms with Gasteiger partial charge in [0.05, 0.1) is 19.1 Å². The van der Waals surface area contributed by atoms with Crippen molar-refractivity contribution in [2.45, 2.75) is 38.3 Å². The zero-order chi connectivity index (χ0) is 9.71. The van der Waals surface area contributed by atoms with E-state index in [1.54, 1.807) is 0 Å². The Balaban J connectivity index is 1.77. The van der Waals surface area contributed by atoms with Gasteiger partial charge in [-0.25, -0.2) is 0 Å². The van der Waals surface area contributed by atoms with Crippen LogP contribution in [0, 0.1) is 11.8 Å². The van der Waals surface area contributed by atoms with Crippen LogP contribution in [0.3, 0.4) is 0 Å². The van der Waals surface area contributed by atoms with Crippen LogP contribution in [0.1, 0.15) is 19.8 Å². The molecule has 0 aromatic rings. The summed E-state index contributed by atoms with van der Waals surface area (Å²) in [7, 11) is 0. The maximum atomic E-state index is 11.1. The third-order valence-corrected chi connectivity index (χ3v) is 3.54. The molecule has 3 aliphatic rings. The van der Waals surface area contributed by atoms with Crippen LogP contribution in [0.15, 0.2) is 0 Å². The highest BCUT2D eigenvalue weighted by molar-refractivity contribution is 5.72. The second-order valence-corrected chi connectivity index (χ2v) is 4.37. The van der Waals surface area contributed by atoms with Crippen molar-refractivity contribution in [2.24, 2.45) is 11.8 Å². The Morgan fingerprint density at radius 3 is 3.00 bits per heavy atom. The summed E-state index contributed by atoms with van der Waals surface area (Å²) in [4.78, 5) is 11.1. The molecular weight excluding hydrogens is 184 g/mol. The summed E-state index contributed by atoms with van der Waals surface area (Å²) in [6, 6.07) is 0. The lowest BCUT2D eigenvalue weighted by Gasteiger charge is -2.32. The lowest BCUT2D eigenvalue weighted by molar-refractivity contribution is -0.224. The van der Waals surface area contributed by atoms with Crippen LogP contribution in [0.25, 0.3) is 0 Å². The molecule has 3 fully saturated rings. The summed E-state index contributed by atoms with van der Waals surface area (Å²) < 4.78 is 16.4. The van der Waals surface area contributed by atoms with E-state index in [1.165, 1.54) is 0 Å². The molecule has 2 heterocycles. The van der Waals surface area contributed by atoms with Gasteiger partial charge >= 0.3 is 5.97 Å². The van der Waals surface area contributed by atoms with Crippen LogP contribution < -0.4 is 0 Å². The first-order valence-corrected chi connectivity index (χ1v) is 5.20. The summed E-state index contributed by atoms with van der Waals surface area (Å²) in [5.74, 6) is 0.639. The second kappa shape index (κ2) is 2.94. The van der Waals surface area contributed by atoms with Crippen molar-refractivity contribution in [1.29, 1.82) is 0 Å². The van der Waals surface area contributed by atoms with Gasteiger partial charge in [-0.2, -0.15) is 0 Å². The molecule has 3 unspecified atom stereocenters. The van der Waals surface area contributed by atoms with Crippen molar-refractivity contribution < 1.29 is 19.0 Å². The van der Waals surface area contributed by atoms with Crippen molar-refractivity contribution in [3.63, 3.8) is 0 Å². The molecular formula is C10H14O4. The molecule has 1 saturated carbocycles. The number of carbonyl (C=O) groups is 1. The molecule has 0 spiro atoms. The molecule has 1 aliphatic carbocycles. The normalized spacial score (nSPS) is 51.2. The molecule has 0 N–H and O–H groups in total. The highest BCUT2D eigenvalue weighted by atomic mass is 16.7. The number of ether oxygens (including phenoxy) is 3. The predicted octanol–water partition coefficient (Wildman–Crippen LogP) is 0.699. The number of fused-ring (bicyclic) bond motifs is 3. The maximum absolute atomic E-state index is 11.1. The molecule has 0 aromatic heterocycles. The standard InChI is InChI=1S/C10H14O4/c1-5-12-4-7-6-2-10(11)14-8(6)3-9(7)13-5/h5-9H,2-4H2,1H3/t5?,6-,7?,8+,9?/m0/s1. The molecule has 2 saturated heterocycles. The molecule has 78 valence electrons. The van der Waals surface area contributed by atoms with Crippen molar-refractivity contribution in [2.75, 3.05) is 6.61 Å². The van der Waals surface area contributed by atoms with Gasteiger partial charge in [0.25, 0.3) is 0 Å². The third kappa shape index (κ3) is 1.17. The van der Waals surface area contributed by atoms with E-state index in [-0.39, 0.29) is 24.5 Å². The summed E-state index contributed by atoms with van der Waals surface area (Å²) >= 11 is 0. The number of hydrogen-bond acceptors (Lipinski definition) is 4. The Kier molecular flexibility index (Phi) is 1.82. The van der Waals surface area contributed by atoms with E-state index in [0.29, 0.717) is 24.9 Å². The average molecular weight is 198 g/mol. The minimum Gasteiger partial charge on any atom is -0.462 e. The number of esters is 1. The maximum Gasteiger partial charge on any atom is 0.306 e. The summed E-state index contributed by atoms with van der Waals surface area (Å²) in [5.41, 5.74) is 0. The minimum atomic E-state index is -0.106. The molecule has 14 heavy (non-hydrogen) atoms. The highest BCUT2D eigenvalue weighted by Gasteiger charge is 2.52. The van der Waals surface area contributed by atoms with E-state index >= 15 is 0 Å². The van der Waals surface area contributed by atoms with Crippen LogP contribution in [0.2, 0.25) is 0 Å². The Bertz CT molecular complexity index is 265. The fourth-order valence-corrected chi connectivity index (χ4v) is 2.88. The molecule has 0 amide bonds. The number of rotatable bonds is 0. The van der Waals surface area contributed by atoms with Gasteiger partial charge < -0.3 is 14.2 Å². The topological polar surface area (TPSA) is 44.8 Å². The molecule has 0 radical (unpaired) electrons. The number of carbonyl (C=O) groups excluding carboxylic acids is 1. The molecule has 3 rings (SSSR count). The van der Waals surface area contributed by atoms with Crippen LogP contribution >= 0.6 is 0 Å². The van der Waals surface area contributed by atoms with Gasteiger partial charge in [0.2, 0.25) is 0 Å². The van der Waals surface area contributed by atoms with Crippen molar-refractivity contribution >= 4 is 5.97 Å². The largest absolute Gasteiger partial charge is 0.462 e. The molecule has 4 nitrogen and oxygen atoms in total. The Labute approximate surface area is 82.5 Å². The zero-order valence-corrected chi connectivity index (χ0v) is 8.14. The van der Waals surface area contributed by atoms with Gasteiger partial charge in [-0.15, -0.1) is 0 Å². The first kappa shape index (κ1) is 8.68. The van der Waals surface area contributed by atoms with E-state index < -0.39 is 0 Å². The van der Waals surface area contributed by atoms with E-state index in [1.807, 2.05) is 6.92 Å². The van der Waals surface area contributed by atoms with Gasteiger partial charge in [0.1, 0.15) is 6.10 Å². The minimum absolute atomic E-state index is 0.0583. The van der Waals surface area contributed by atoms with Gasteiger partial charge in [-0.3, -0.25) is 4.79 Å². The van der Waals surface area contributed by atoms with Crippen LogP contribution in [0.5, 0.6) is 0 Å². The summed E-state index contributed by atoms with van der Waals surface area (Å²) in [6.45, 7) is 2.62. The molecule has 0 bridgehead atoms. The number of hydrogen-bond donors (Lipinski definition) is 0. The van der Waals surface area contributed by atoms with Crippen LogP contribution in [-0.4, -0.2) is 31.1 Å². The zero-order valence-electron chi connectivity index (χ0n) is 8.14. The van der Waals surface area contributed by atoms with E-state index in [4.69, 9.17) is 14.2 Å². The van der Waals surface area contributed by atoms with Gasteiger partial charge in [0, 0.05) is 18.3 Å². The molecule has 0 aromatic carbocycles. The summed E-state index contributed by atoms with van der Waals surface area (Å²) in [6.07, 6.45) is 1.63. The monoisotopic (exact) mass is 198 g/mol. The lowest BCUT2D eigenvalue weighted by atomic mass is 9.92. The van der Waals surface area contributed by atoms with Gasteiger partial charge in [-0.1, -0.05) is 0 Å². The third-order valence-electron chi connectivity index (χ3n) is 3.54. The first-order chi connectivity index (χ1) is 6.74. The first-order valence-electron chi connectivity index (χ1n) is 5.20. The van der Waals surface area contributed by atoms with Gasteiger partial charge in [0.15, 0.2) is 6.29 Å². The Morgan fingerprint density at radius 2 is 2.14 bits per heavy atom. The Morgan fingerprint density at radius 1 is 1.29 bits per heavy atom. The van der Waals surface area contributed by atoms with Gasteiger partial charge in [-0.05, 0) is 6.92 Å². The van der Waals surface area contributed by atoms with E-state index in [2.05, 4.69) is 0 Å². The fourth-order valence-electron chi connectivity index (χ4n) is 2.88. The highest BCUT2D eigenvalue weighted by Crippen LogP contribution is 2.44. The molecule has 2 aliphatic heterocycles. The SMILES string of the molecule is CC1OCC2C(C[C@H]3OC(=O)C[C@@H]23)O1. The smallest absolute Gasteiger partial charge is 0.306 e. The lowest BCUT2D eigenvalue weighted by Crippen LogP contribution is -2.37. The fraction of sp³-hybridized carbons (Fsp3) is 0.900. The Hall–Kier alpha value is -0.610. The van der Waals surface area contributed by atoms with Crippen LogP contribution in [-0.2, 0) is 19.0 Å². The predicted molar refractivity (Wildman–Crippen MR) is 46.4 cm³/mol. The van der Waals surface area contributed by atoms with E-state index in [9.17, 15) is 4.79 Å². The molecule has 4 heteroatoms. The second-order valence-electron chi connectivity index (χ2n) is 4.37. The van der Waals surface area contributed by atoms with Crippen LogP contribution in [0.4, 0.5) is 0 Å². The summed E-state index contributed by atoms with van der Waals surface area (Å²) in [5, 5.41) is 0. The van der Waals surface area contributed by atoms with Crippen molar-refractivity contribution in [3.8, 4) is 0 Å². The van der Waals surface area contributed by atoms with Crippen molar-refractivity contribution in [3.05, 3.63) is 0 Å². The van der Waals surface area contributed by atoms with E-state index in [0.717, 1.165) is 6.42 Å². The quantitative estimate of drug-likeness (QED) is 0.537. The average Bonchev–Trinajstić information content (AvgIpc) is 2.59.